The van der Waals surface area contributed by atoms with Gasteiger partial charge in [0.15, 0.2) is 11.6 Å². The number of rotatable bonds is 3. The van der Waals surface area contributed by atoms with Gasteiger partial charge in [0.1, 0.15) is 5.84 Å². The average molecular weight is 569 g/mol. The molecule has 2 aromatic rings. The number of urea groups is 1. The fourth-order valence-corrected chi connectivity index (χ4v) is 8.45. The number of aliphatic imine (C=N–C) groups is 1. The molecule has 40 heavy (non-hydrogen) atoms. The van der Waals surface area contributed by atoms with Gasteiger partial charge in [0.2, 0.25) is 0 Å². The van der Waals surface area contributed by atoms with Crippen LogP contribution in [-0.2, 0) is 22.8 Å². The standard InChI is InChI=1S/C30H34F2N4O3S/c1-34(2)28(38)35-11-3-4-21-12-20(5-8-26(21)35)13-22-15-29(18-40(39)19-29)16-36-27(22)33-10-9-30(36,17-37)23-6-7-24(31)25(32)14-23/h5-8,12-14,37H,3-4,9-11,15-19H2,1-2H3/b22-13+. The van der Waals surface area contributed by atoms with Gasteiger partial charge in [-0.2, -0.15) is 0 Å². The lowest BCUT2D eigenvalue weighted by atomic mass is 9.74. The Labute approximate surface area is 235 Å². The molecule has 1 N–H and O–H groups in total. The van der Waals surface area contributed by atoms with Crippen molar-refractivity contribution < 1.29 is 22.9 Å². The van der Waals surface area contributed by atoms with E-state index in [1.807, 2.05) is 17.0 Å². The van der Waals surface area contributed by atoms with Crippen LogP contribution in [0.1, 0.15) is 36.0 Å². The minimum absolute atomic E-state index is 0.0379. The summed E-state index contributed by atoms with van der Waals surface area (Å²) in [7, 11) is 2.61. The molecule has 0 bridgehead atoms. The maximum atomic E-state index is 14.4. The zero-order chi connectivity index (χ0) is 28.2. The number of benzene rings is 2. The summed E-state index contributed by atoms with van der Waals surface area (Å²) < 4.78 is 40.6. The summed E-state index contributed by atoms with van der Waals surface area (Å²) in [4.78, 5) is 23.1. The van der Waals surface area contributed by atoms with Crippen LogP contribution in [0.5, 0.6) is 0 Å². The molecule has 6 rings (SSSR count). The Morgan fingerprint density at radius 3 is 2.67 bits per heavy atom. The number of carbonyl (C=O) groups is 1. The van der Waals surface area contributed by atoms with Crippen molar-refractivity contribution in [3.63, 3.8) is 0 Å². The third kappa shape index (κ3) is 4.45. The maximum absolute atomic E-state index is 14.4. The van der Waals surface area contributed by atoms with E-state index < -0.39 is 28.0 Å². The van der Waals surface area contributed by atoms with Gasteiger partial charge < -0.3 is 14.9 Å². The molecule has 0 aliphatic carbocycles. The van der Waals surface area contributed by atoms with Crippen LogP contribution >= 0.6 is 0 Å². The normalized spacial score (nSPS) is 28.6. The Hall–Kier alpha value is -3.11. The molecule has 0 aromatic heterocycles. The highest BCUT2D eigenvalue weighted by Gasteiger charge is 2.54. The molecular formula is C30H34F2N4O3S. The van der Waals surface area contributed by atoms with E-state index in [-0.39, 0.29) is 18.1 Å². The Bertz CT molecular complexity index is 1450. The van der Waals surface area contributed by atoms with Crippen molar-refractivity contribution in [2.24, 2.45) is 10.4 Å². The highest BCUT2D eigenvalue weighted by Crippen LogP contribution is 2.48. The molecule has 10 heteroatoms. The highest BCUT2D eigenvalue weighted by atomic mass is 32.2. The zero-order valence-electron chi connectivity index (χ0n) is 22.8. The number of fused-ring (bicyclic) bond motifs is 2. The predicted octanol–water partition coefficient (Wildman–Crippen LogP) is 3.93. The van der Waals surface area contributed by atoms with Gasteiger partial charge in [-0.15, -0.1) is 0 Å². The lowest BCUT2D eigenvalue weighted by Crippen LogP contribution is -2.65. The summed E-state index contributed by atoms with van der Waals surface area (Å²) in [5, 5.41) is 10.8. The lowest BCUT2D eigenvalue weighted by Gasteiger charge is -2.57. The Balaban J connectivity index is 1.41. The van der Waals surface area contributed by atoms with Gasteiger partial charge in [-0.25, -0.2) is 13.6 Å². The first kappa shape index (κ1) is 27.1. The van der Waals surface area contributed by atoms with Crippen molar-refractivity contribution in [1.29, 1.82) is 0 Å². The number of amides is 2. The van der Waals surface area contributed by atoms with Crippen molar-refractivity contribution >= 4 is 34.4 Å². The number of hydrogen-bond donors (Lipinski definition) is 1. The number of amidine groups is 1. The van der Waals surface area contributed by atoms with Crippen molar-refractivity contribution in [3.05, 3.63) is 70.3 Å². The molecule has 2 amide bonds. The van der Waals surface area contributed by atoms with Gasteiger partial charge in [-0.05, 0) is 78.3 Å². The third-order valence-electron chi connectivity index (χ3n) is 8.73. The van der Waals surface area contributed by atoms with Gasteiger partial charge in [-0.3, -0.25) is 14.1 Å². The molecule has 2 fully saturated rings. The van der Waals surface area contributed by atoms with Crippen molar-refractivity contribution in [3.8, 4) is 0 Å². The monoisotopic (exact) mass is 568 g/mol. The highest BCUT2D eigenvalue weighted by molar-refractivity contribution is 7.86. The summed E-state index contributed by atoms with van der Waals surface area (Å²) in [5.74, 6) is -0.0175. The van der Waals surface area contributed by atoms with E-state index in [9.17, 15) is 22.9 Å². The largest absolute Gasteiger partial charge is 0.394 e. The number of halogens is 2. The van der Waals surface area contributed by atoms with Crippen LogP contribution in [0.4, 0.5) is 19.3 Å². The molecule has 2 aromatic carbocycles. The van der Waals surface area contributed by atoms with Crippen LogP contribution < -0.4 is 4.90 Å². The Morgan fingerprint density at radius 1 is 1.18 bits per heavy atom. The fraction of sp³-hybridized carbons (Fsp3) is 0.467. The van der Waals surface area contributed by atoms with Crippen LogP contribution in [0, 0.1) is 17.0 Å². The second-order valence-corrected chi connectivity index (χ2v) is 13.2. The van der Waals surface area contributed by atoms with E-state index in [2.05, 4.69) is 17.0 Å². The van der Waals surface area contributed by atoms with E-state index in [0.29, 0.717) is 49.5 Å². The zero-order valence-corrected chi connectivity index (χ0v) is 23.6. The topological polar surface area (TPSA) is 76.5 Å². The van der Waals surface area contributed by atoms with E-state index in [4.69, 9.17) is 4.99 Å². The molecule has 212 valence electrons. The number of carbonyl (C=O) groups excluding carboxylic acids is 1. The third-order valence-corrected chi connectivity index (χ3v) is 10.6. The first-order valence-corrected chi connectivity index (χ1v) is 15.2. The van der Waals surface area contributed by atoms with E-state index in [1.165, 1.54) is 6.07 Å². The SMILES string of the molecule is CN(C)C(=O)N1CCCc2cc(/C=C3\CC4(CN5C3=NCCC5(CO)c3ccc(F)c(F)c3)CS(=O)C4)ccc21. The quantitative estimate of drug-likeness (QED) is 0.609. The molecule has 1 atom stereocenters. The van der Waals surface area contributed by atoms with Crippen molar-refractivity contribution in [1.82, 2.24) is 9.80 Å². The number of aliphatic hydroxyl groups is 1. The predicted molar refractivity (Wildman–Crippen MR) is 153 cm³/mol. The first-order valence-electron chi connectivity index (χ1n) is 13.7. The van der Waals surface area contributed by atoms with Crippen LogP contribution in [0.15, 0.2) is 47.0 Å². The van der Waals surface area contributed by atoms with Crippen LogP contribution in [0.3, 0.4) is 0 Å². The number of aliphatic hydroxyl groups excluding tert-OH is 1. The minimum Gasteiger partial charge on any atom is -0.394 e. The van der Waals surface area contributed by atoms with Crippen LogP contribution in [0.2, 0.25) is 0 Å². The number of hydrogen-bond acceptors (Lipinski definition) is 5. The van der Waals surface area contributed by atoms with Crippen LogP contribution in [-0.4, -0.2) is 82.8 Å². The first-order chi connectivity index (χ1) is 19.1. The van der Waals surface area contributed by atoms with Crippen molar-refractivity contribution in [2.45, 2.75) is 31.2 Å². The van der Waals surface area contributed by atoms with Gasteiger partial charge in [-0.1, -0.05) is 12.1 Å². The summed E-state index contributed by atoms with van der Waals surface area (Å²) in [6.07, 6.45) is 5.03. The van der Waals surface area contributed by atoms with Crippen LogP contribution in [0.25, 0.3) is 6.08 Å². The number of anilines is 1. The Kier molecular flexibility index (Phi) is 6.81. The maximum Gasteiger partial charge on any atom is 0.323 e. The van der Waals surface area contributed by atoms with Gasteiger partial charge in [0.05, 0.1) is 12.1 Å². The minimum atomic E-state index is -0.960. The molecule has 0 saturated carbocycles. The average Bonchev–Trinajstić information content (AvgIpc) is 2.92. The number of piperidine rings is 1. The van der Waals surface area contributed by atoms with Gasteiger partial charge >= 0.3 is 6.03 Å². The summed E-state index contributed by atoms with van der Waals surface area (Å²) in [6.45, 7) is 1.38. The Morgan fingerprint density at radius 2 is 1.98 bits per heavy atom. The number of aryl methyl sites for hydroxylation is 1. The molecule has 1 unspecified atom stereocenters. The second kappa shape index (κ2) is 10.1. The fourth-order valence-electron chi connectivity index (χ4n) is 6.78. The molecular weight excluding hydrogens is 534 g/mol. The number of nitrogens with zero attached hydrogens (tertiary/aromatic N) is 4. The summed E-state index contributed by atoms with van der Waals surface area (Å²) >= 11 is 0. The molecule has 4 aliphatic heterocycles. The second-order valence-electron chi connectivity index (χ2n) is 11.8. The summed E-state index contributed by atoms with van der Waals surface area (Å²) in [6, 6.07) is 9.94. The molecule has 4 heterocycles. The van der Waals surface area contributed by atoms with E-state index in [0.717, 1.165) is 47.1 Å². The smallest absolute Gasteiger partial charge is 0.323 e. The van der Waals surface area contributed by atoms with Gasteiger partial charge in [0.25, 0.3) is 0 Å². The molecule has 4 aliphatic rings. The molecule has 7 nitrogen and oxygen atoms in total. The molecule has 0 radical (unpaired) electrons. The van der Waals surface area contributed by atoms with Crippen molar-refractivity contribution in [2.75, 3.05) is 56.7 Å². The van der Waals surface area contributed by atoms with E-state index in [1.54, 1.807) is 25.1 Å². The van der Waals surface area contributed by atoms with Gasteiger partial charge in [0, 0.05) is 67.1 Å². The lowest BCUT2D eigenvalue weighted by molar-refractivity contribution is 0.0338. The molecule has 2 saturated heterocycles. The van der Waals surface area contributed by atoms with E-state index >= 15 is 0 Å². The molecule has 1 spiro atoms. The summed E-state index contributed by atoms with van der Waals surface area (Å²) in [5.41, 5.74) is 3.32.